The number of pyridine rings is 1. The second-order valence-electron chi connectivity index (χ2n) is 8.54. The number of hydrogen-bond donors (Lipinski definition) is 1. The number of fused-ring (bicyclic) bond motifs is 1. The normalized spacial score (nSPS) is 14.6. The van der Waals surface area contributed by atoms with E-state index >= 15 is 0 Å². The molecule has 1 aliphatic rings. The van der Waals surface area contributed by atoms with Crippen LogP contribution in [0.1, 0.15) is 28.0 Å². The van der Waals surface area contributed by atoms with Crippen molar-refractivity contribution in [2.75, 3.05) is 16.6 Å². The van der Waals surface area contributed by atoms with Crippen LogP contribution in [0.3, 0.4) is 0 Å². The minimum atomic E-state index is -3.46. The van der Waals surface area contributed by atoms with E-state index in [9.17, 15) is 22.4 Å². The molecule has 1 aliphatic heterocycles. The molecule has 0 unspecified atom stereocenters. The molecule has 1 fully saturated rings. The number of hydrogen-bond acceptors (Lipinski definition) is 6. The van der Waals surface area contributed by atoms with Crippen LogP contribution >= 0.6 is 0 Å². The van der Waals surface area contributed by atoms with Crippen LogP contribution in [0.15, 0.2) is 77.7 Å². The molecule has 0 aliphatic carbocycles. The van der Waals surface area contributed by atoms with Gasteiger partial charge in [-0.1, -0.05) is 42.5 Å². The highest BCUT2D eigenvalue weighted by Gasteiger charge is 2.29. The predicted octanol–water partition coefficient (Wildman–Crippen LogP) is 2.88. The number of nitrogens with one attached hydrogen (secondary N) is 1. The van der Waals surface area contributed by atoms with Crippen molar-refractivity contribution in [1.82, 2.24) is 14.7 Å². The number of sulfonamides is 1. The summed E-state index contributed by atoms with van der Waals surface area (Å²) in [7, 11) is -3.46. The van der Waals surface area contributed by atoms with Gasteiger partial charge in [-0.25, -0.2) is 17.8 Å². The van der Waals surface area contributed by atoms with Gasteiger partial charge < -0.3 is 10.1 Å². The molecular weight excluding hydrogens is 499 g/mol. The summed E-state index contributed by atoms with van der Waals surface area (Å²) < 4.78 is 46.2. The largest absolute Gasteiger partial charge is 0.481 e. The molecule has 4 aromatic rings. The maximum Gasteiger partial charge on any atom is 0.301 e. The van der Waals surface area contributed by atoms with E-state index < -0.39 is 27.3 Å². The van der Waals surface area contributed by atoms with Gasteiger partial charge in [0.25, 0.3) is 5.91 Å². The first kappa shape index (κ1) is 24.4. The lowest BCUT2D eigenvalue weighted by molar-refractivity contribution is 0.0940. The van der Waals surface area contributed by atoms with Crippen molar-refractivity contribution in [3.05, 3.63) is 106 Å². The van der Waals surface area contributed by atoms with Crippen LogP contribution in [0.5, 0.6) is 5.75 Å². The molecule has 9 nitrogen and oxygen atoms in total. The van der Waals surface area contributed by atoms with E-state index in [4.69, 9.17) is 4.74 Å². The standard InChI is InChI=1S/C26H23FN4O5S/c27-20-9-7-18(8-10-20)15-28-25(32)23-24(36-17-19-5-2-1-3-6-19)26(33)30-16-21(11-12-22(30)29-23)31-13-4-14-37(31,34)35/h1-3,5-12,16H,4,13-15,17H2,(H,28,32). The topological polar surface area (TPSA) is 110 Å². The SMILES string of the molecule is O=C(NCc1ccc(F)cc1)c1nc2ccc(N3CCCS3(=O)=O)cn2c(=O)c1OCc1ccccc1. The number of halogens is 1. The first-order valence-corrected chi connectivity index (χ1v) is 13.2. The quantitative estimate of drug-likeness (QED) is 0.400. The molecule has 37 heavy (non-hydrogen) atoms. The third kappa shape index (κ3) is 5.17. The third-order valence-electron chi connectivity index (χ3n) is 5.96. The molecule has 2 aromatic carbocycles. The molecule has 190 valence electrons. The second kappa shape index (κ2) is 10.0. The zero-order valence-electron chi connectivity index (χ0n) is 19.6. The number of carbonyl (C=O) groups excluding carboxylic acids is 1. The van der Waals surface area contributed by atoms with Gasteiger partial charge in [0, 0.05) is 19.3 Å². The summed E-state index contributed by atoms with van der Waals surface area (Å²) >= 11 is 0. The number of nitrogens with zero attached hydrogens (tertiary/aromatic N) is 3. The molecular formula is C26H23FN4O5S. The first-order chi connectivity index (χ1) is 17.8. The second-order valence-corrected chi connectivity index (χ2v) is 10.5. The highest BCUT2D eigenvalue weighted by Crippen LogP contribution is 2.25. The Morgan fingerprint density at radius 3 is 2.49 bits per heavy atom. The molecule has 0 spiro atoms. The number of amides is 1. The van der Waals surface area contributed by atoms with Gasteiger partial charge in [-0.15, -0.1) is 0 Å². The Morgan fingerprint density at radius 1 is 1.03 bits per heavy atom. The van der Waals surface area contributed by atoms with E-state index in [1.165, 1.54) is 33.1 Å². The van der Waals surface area contributed by atoms with Gasteiger partial charge >= 0.3 is 5.56 Å². The maximum absolute atomic E-state index is 13.5. The zero-order chi connectivity index (χ0) is 26.0. The molecule has 1 N–H and O–H groups in total. The summed E-state index contributed by atoms with van der Waals surface area (Å²) in [5.74, 6) is -1.26. The van der Waals surface area contributed by atoms with Gasteiger partial charge in [0.05, 0.1) is 11.4 Å². The number of ether oxygens (including phenoxy) is 1. The molecule has 5 rings (SSSR count). The summed E-state index contributed by atoms with van der Waals surface area (Å²) in [6.07, 6.45) is 1.88. The molecule has 0 radical (unpaired) electrons. The Bertz CT molecular complexity index is 1620. The van der Waals surface area contributed by atoms with Crippen molar-refractivity contribution in [2.24, 2.45) is 0 Å². The molecule has 0 bridgehead atoms. The summed E-state index contributed by atoms with van der Waals surface area (Å²) in [5.41, 5.74) is 1.08. The summed E-state index contributed by atoms with van der Waals surface area (Å²) in [5, 5.41) is 2.69. The highest BCUT2D eigenvalue weighted by atomic mass is 32.2. The van der Waals surface area contributed by atoms with Gasteiger partial charge in [0.2, 0.25) is 15.8 Å². The predicted molar refractivity (Wildman–Crippen MR) is 136 cm³/mol. The van der Waals surface area contributed by atoms with Crippen LogP contribution in [0.2, 0.25) is 0 Å². The van der Waals surface area contributed by atoms with Crippen molar-refractivity contribution >= 4 is 27.3 Å². The van der Waals surface area contributed by atoms with Crippen LogP contribution in [-0.4, -0.2) is 36.0 Å². The Morgan fingerprint density at radius 2 is 1.78 bits per heavy atom. The van der Waals surface area contributed by atoms with Crippen molar-refractivity contribution in [3.8, 4) is 5.75 Å². The first-order valence-electron chi connectivity index (χ1n) is 11.6. The van der Waals surface area contributed by atoms with Crippen LogP contribution in [0, 0.1) is 5.82 Å². The highest BCUT2D eigenvalue weighted by molar-refractivity contribution is 7.93. The fourth-order valence-electron chi connectivity index (χ4n) is 4.07. The lowest BCUT2D eigenvalue weighted by Gasteiger charge is -2.18. The van der Waals surface area contributed by atoms with Gasteiger partial charge in [-0.2, -0.15) is 0 Å². The summed E-state index contributed by atoms with van der Waals surface area (Å²) in [6, 6.07) is 17.8. The number of carbonyl (C=O) groups is 1. The number of anilines is 1. The van der Waals surface area contributed by atoms with Crippen molar-refractivity contribution in [1.29, 1.82) is 0 Å². The van der Waals surface area contributed by atoms with Crippen LogP contribution < -0.4 is 19.9 Å². The van der Waals surface area contributed by atoms with Gasteiger partial charge in [0.15, 0.2) is 5.69 Å². The zero-order valence-corrected chi connectivity index (χ0v) is 20.4. The van der Waals surface area contributed by atoms with E-state index in [0.717, 1.165) is 5.56 Å². The van der Waals surface area contributed by atoms with Gasteiger partial charge in [-0.3, -0.25) is 18.3 Å². The van der Waals surface area contributed by atoms with E-state index in [1.807, 2.05) is 30.3 Å². The van der Waals surface area contributed by atoms with Crippen LogP contribution in [-0.2, 0) is 23.2 Å². The van der Waals surface area contributed by atoms with Gasteiger partial charge in [-0.05, 0) is 41.8 Å². The minimum Gasteiger partial charge on any atom is -0.481 e. The average Bonchev–Trinajstić information content (AvgIpc) is 3.26. The lowest BCUT2D eigenvalue weighted by Crippen LogP contribution is -2.30. The third-order valence-corrected chi connectivity index (χ3v) is 7.83. The Hall–Kier alpha value is -4.25. The minimum absolute atomic E-state index is 0.0161. The molecule has 1 saturated heterocycles. The number of benzene rings is 2. The maximum atomic E-state index is 13.5. The van der Waals surface area contributed by atoms with E-state index in [1.54, 1.807) is 18.2 Å². The Labute approximate surface area is 212 Å². The van der Waals surface area contributed by atoms with Crippen molar-refractivity contribution in [3.63, 3.8) is 0 Å². The Kier molecular flexibility index (Phi) is 6.62. The smallest absolute Gasteiger partial charge is 0.301 e. The summed E-state index contributed by atoms with van der Waals surface area (Å²) in [6.45, 7) is 0.420. The molecule has 0 saturated carbocycles. The van der Waals surface area contributed by atoms with Crippen LogP contribution in [0.4, 0.5) is 10.1 Å². The molecule has 0 atom stereocenters. The monoisotopic (exact) mass is 522 g/mol. The summed E-state index contributed by atoms with van der Waals surface area (Å²) in [4.78, 5) is 31.0. The molecule has 2 aromatic heterocycles. The van der Waals surface area contributed by atoms with E-state index in [2.05, 4.69) is 10.3 Å². The fraction of sp³-hybridized carbons (Fsp3) is 0.192. The van der Waals surface area contributed by atoms with Crippen LogP contribution in [0.25, 0.3) is 5.65 Å². The Balaban J connectivity index is 1.52. The number of rotatable bonds is 7. The van der Waals surface area contributed by atoms with E-state index in [0.29, 0.717) is 24.2 Å². The fourth-order valence-corrected chi connectivity index (χ4v) is 5.62. The average molecular weight is 523 g/mol. The number of aromatic nitrogens is 2. The van der Waals surface area contributed by atoms with Crippen molar-refractivity contribution in [2.45, 2.75) is 19.6 Å². The lowest BCUT2D eigenvalue weighted by atomic mass is 10.2. The van der Waals surface area contributed by atoms with Gasteiger partial charge in [0.1, 0.15) is 18.1 Å². The van der Waals surface area contributed by atoms with E-state index in [-0.39, 0.29) is 36.0 Å². The molecule has 11 heteroatoms. The molecule has 1 amide bonds. The molecule has 3 heterocycles. The van der Waals surface area contributed by atoms with Crippen molar-refractivity contribution < 1.29 is 22.3 Å².